The van der Waals surface area contributed by atoms with E-state index in [2.05, 4.69) is 4.74 Å². The summed E-state index contributed by atoms with van der Waals surface area (Å²) in [5.74, 6) is -1.01. The Bertz CT molecular complexity index is 408. The quantitative estimate of drug-likeness (QED) is 0.588. The van der Waals surface area contributed by atoms with Crippen molar-refractivity contribution in [1.29, 1.82) is 0 Å². The standard InChI is InChI=1S/C11H9F3O2/c1-2-5-9(15)8-6-3-4-7-10(8)16-11(12,13)14/h2-7H,1H3/b5-2+. The highest BCUT2D eigenvalue weighted by Gasteiger charge is 2.32. The van der Waals surface area contributed by atoms with Crippen LogP contribution in [0.5, 0.6) is 5.75 Å². The maximum atomic E-state index is 12.0. The average Bonchev–Trinajstić information content (AvgIpc) is 2.16. The molecule has 0 aliphatic carbocycles. The molecule has 2 nitrogen and oxygen atoms in total. The van der Waals surface area contributed by atoms with Gasteiger partial charge in [-0.3, -0.25) is 4.79 Å². The summed E-state index contributed by atoms with van der Waals surface area (Å²) in [5, 5.41) is 0. The highest BCUT2D eigenvalue weighted by molar-refractivity contribution is 6.06. The van der Waals surface area contributed by atoms with Gasteiger partial charge in [-0.25, -0.2) is 0 Å². The van der Waals surface area contributed by atoms with Gasteiger partial charge in [-0.1, -0.05) is 18.2 Å². The average molecular weight is 230 g/mol. The fourth-order valence-electron chi connectivity index (χ4n) is 1.13. The molecule has 0 aliphatic heterocycles. The number of carbonyl (C=O) groups excluding carboxylic acids is 1. The molecule has 0 N–H and O–H groups in total. The van der Waals surface area contributed by atoms with E-state index in [1.54, 1.807) is 6.92 Å². The largest absolute Gasteiger partial charge is 0.573 e. The lowest BCUT2D eigenvalue weighted by molar-refractivity contribution is -0.274. The van der Waals surface area contributed by atoms with Gasteiger partial charge < -0.3 is 4.74 Å². The predicted octanol–water partition coefficient (Wildman–Crippen LogP) is 3.34. The number of halogens is 3. The molecular weight excluding hydrogens is 221 g/mol. The zero-order valence-electron chi connectivity index (χ0n) is 8.41. The third kappa shape index (κ3) is 3.42. The zero-order chi connectivity index (χ0) is 12.2. The second-order valence-electron chi connectivity index (χ2n) is 2.91. The zero-order valence-corrected chi connectivity index (χ0v) is 8.41. The number of carbonyl (C=O) groups is 1. The normalized spacial score (nSPS) is 11.8. The number of allylic oxidation sites excluding steroid dienone is 2. The van der Waals surface area contributed by atoms with Crippen molar-refractivity contribution >= 4 is 5.78 Å². The number of rotatable bonds is 3. The molecule has 0 spiro atoms. The molecule has 5 heteroatoms. The van der Waals surface area contributed by atoms with Crippen molar-refractivity contribution in [2.75, 3.05) is 0 Å². The first-order valence-electron chi connectivity index (χ1n) is 4.46. The van der Waals surface area contributed by atoms with E-state index in [-0.39, 0.29) is 5.56 Å². The minimum absolute atomic E-state index is 0.113. The van der Waals surface area contributed by atoms with Gasteiger partial charge in [0.05, 0.1) is 5.56 Å². The van der Waals surface area contributed by atoms with E-state index in [1.165, 1.54) is 30.4 Å². The lowest BCUT2D eigenvalue weighted by Gasteiger charge is -2.11. The third-order valence-corrected chi connectivity index (χ3v) is 1.70. The molecule has 1 rings (SSSR count). The van der Waals surface area contributed by atoms with Gasteiger partial charge in [-0.05, 0) is 25.1 Å². The molecule has 0 amide bonds. The Labute approximate surface area is 90.3 Å². The summed E-state index contributed by atoms with van der Waals surface area (Å²) in [5.41, 5.74) is -0.113. The lowest BCUT2D eigenvalue weighted by atomic mass is 10.1. The lowest BCUT2D eigenvalue weighted by Crippen LogP contribution is -2.18. The monoisotopic (exact) mass is 230 g/mol. The first kappa shape index (κ1) is 12.3. The van der Waals surface area contributed by atoms with Gasteiger partial charge in [-0.15, -0.1) is 13.2 Å². The predicted molar refractivity (Wildman–Crippen MR) is 52.3 cm³/mol. The number of hydrogen-bond acceptors (Lipinski definition) is 2. The maximum absolute atomic E-state index is 12.0. The van der Waals surface area contributed by atoms with Crippen molar-refractivity contribution in [3.05, 3.63) is 42.0 Å². The Morgan fingerprint density at radius 2 is 1.94 bits per heavy atom. The van der Waals surface area contributed by atoms with E-state index in [0.717, 1.165) is 6.07 Å². The molecule has 0 aliphatic rings. The highest BCUT2D eigenvalue weighted by atomic mass is 19.4. The van der Waals surface area contributed by atoms with Crippen molar-refractivity contribution in [1.82, 2.24) is 0 Å². The second-order valence-corrected chi connectivity index (χ2v) is 2.91. The molecule has 0 unspecified atom stereocenters. The Hall–Kier alpha value is -1.78. The third-order valence-electron chi connectivity index (χ3n) is 1.70. The maximum Gasteiger partial charge on any atom is 0.573 e. The molecule has 0 aromatic heterocycles. The van der Waals surface area contributed by atoms with Gasteiger partial charge in [0, 0.05) is 0 Å². The van der Waals surface area contributed by atoms with Crippen LogP contribution in [-0.4, -0.2) is 12.1 Å². The summed E-state index contributed by atoms with van der Waals surface area (Å²) in [4.78, 5) is 11.4. The molecule has 0 atom stereocenters. The fraction of sp³-hybridized carbons (Fsp3) is 0.182. The van der Waals surface area contributed by atoms with Crippen molar-refractivity contribution in [2.45, 2.75) is 13.3 Å². The summed E-state index contributed by atoms with van der Waals surface area (Å²) < 4.78 is 39.8. The van der Waals surface area contributed by atoms with Gasteiger partial charge in [0.2, 0.25) is 0 Å². The van der Waals surface area contributed by atoms with E-state index >= 15 is 0 Å². The highest BCUT2D eigenvalue weighted by Crippen LogP contribution is 2.26. The van der Waals surface area contributed by atoms with E-state index in [1.807, 2.05) is 0 Å². The molecule has 0 saturated carbocycles. The van der Waals surface area contributed by atoms with Gasteiger partial charge in [0.1, 0.15) is 5.75 Å². The molecule has 1 aromatic carbocycles. The SMILES string of the molecule is C/C=C/C(=O)c1ccccc1OC(F)(F)F. The first-order chi connectivity index (χ1) is 7.44. The van der Waals surface area contributed by atoms with Crippen LogP contribution in [0.15, 0.2) is 36.4 Å². The molecule has 0 radical (unpaired) electrons. The van der Waals surface area contributed by atoms with Crippen LogP contribution in [-0.2, 0) is 0 Å². The summed E-state index contributed by atoms with van der Waals surface area (Å²) in [6.45, 7) is 1.60. The summed E-state index contributed by atoms with van der Waals surface area (Å²) >= 11 is 0. The molecule has 86 valence electrons. The van der Waals surface area contributed by atoms with Crippen molar-refractivity contribution in [3.63, 3.8) is 0 Å². The molecule has 1 aromatic rings. The van der Waals surface area contributed by atoms with Crippen molar-refractivity contribution < 1.29 is 22.7 Å². The van der Waals surface area contributed by atoms with Crippen LogP contribution in [0.2, 0.25) is 0 Å². The van der Waals surface area contributed by atoms with Crippen molar-refractivity contribution in [2.24, 2.45) is 0 Å². The minimum atomic E-state index is -4.80. The second kappa shape index (κ2) is 4.83. The van der Waals surface area contributed by atoms with Gasteiger partial charge in [0.25, 0.3) is 0 Å². The fourth-order valence-corrected chi connectivity index (χ4v) is 1.13. The number of ketones is 1. The van der Waals surface area contributed by atoms with E-state index in [4.69, 9.17) is 0 Å². The van der Waals surface area contributed by atoms with E-state index in [9.17, 15) is 18.0 Å². The topological polar surface area (TPSA) is 26.3 Å². The molecule has 0 saturated heterocycles. The van der Waals surface area contributed by atoms with Crippen LogP contribution in [0, 0.1) is 0 Å². The van der Waals surface area contributed by atoms with Crippen LogP contribution in [0.3, 0.4) is 0 Å². The Morgan fingerprint density at radius 3 is 2.50 bits per heavy atom. The number of ether oxygens (including phenoxy) is 1. The van der Waals surface area contributed by atoms with Crippen LogP contribution >= 0.6 is 0 Å². The molecule has 16 heavy (non-hydrogen) atoms. The number of para-hydroxylation sites is 1. The molecule has 0 fully saturated rings. The van der Waals surface area contributed by atoms with Crippen LogP contribution in [0.25, 0.3) is 0 Å². The summed E-state index contributed by atoms with van der Waals surface area (Å²) in [6.07, 6.45) is -2.17. The Kier molecular flexibility index (Phi) is 3.71. The smallest absolute Gasteiger partial charge is 0.405 e. The Morgan fingerprint density at radius 1 is 1.31 bits per heavy atom. The van der Waals surface area contributed by atoms with Crippen LogP contribution in [0.4, 0.5) is 13.2 Å². The van der Waals surface area contributed by atoms with Gasteiger partial charge >= 0.3 is 6.36 Å². The van der Waals surface area contributed by atoms with Crippen LogP contribution in [0.1, 0.15) is 17.3 Å². The Balaban J connectivity index is 3.05. The molecule has 0 bridgehead atoms. The first-order valence-corrected chi connectivity index (χ1v) is 4.46. The summed E-state index contributed by atoms with van der Waals surface area (Å²) in [7, 11) is 0. The van der Waals surface area contributed by atoms with E-state index in [0.29, 0.717) is 0 Å². The molecular formula is C11H9F3O2. The van der Waals surface area contributed by atoms with Gasteiger partial charge in [0.15, 0.2) is 5.78 Å². The van der Waals surface area contributed by atoms with Crippen molar-refractivity contribution in [3.8, 4) is 5.75 Å². The molecule has 0 heterocycles. The van der Waals surface area contributed by atoms with Gasteiger partial charge in [-0.2, -0.15) is 0 Å². The van der Waals surface area contributed by atoms with Crippen LogP contribution < -0.4 is 4.74 Å². The summed E-state index contributed by atoms with van der Waals surface area (Å²) in [6, 6.07) is 5.22. The number of hydrogen-bond donors (Lipinski definition) is 0. The number of benzene rings is 1. The minimum Gasteiger partial charge on any atom is -0.405 e. The number of alkyl halides is 3. The van der Waals surface area contributed by atoms with E-state index < -0.39 is 17.9 Å².